The van der Waals surface area contributed by atoms with Crippen LogP contribution in [0, 0.1) is 0 Å². The van der Waals surface area contributed by atoms with E-state index in [0.29, 0.717) is 0 Å². The van der Waals surface area contributed by atoms with Gasteiger partial charge in [0.2, 0.25) is 0 Å². The summed E-state index contributed by atoms with van der Waals surface area (Å²) in [5.41, 5.74) is 7.16. The first-order chi connectivity index (χ1) is 15.3. The molecule has 0 bridgehead atoms. The summed E-state index contributed by atoms with van der Waals surface area (Å²) in [7, 11) is 0. The number of anilines is 2. The van der Waals surface area contributed by atoms with Crippen LogP contribution in [0.2, 0.25) is 0 Å². The van der Waals surface area contributed by atoms with Gasteiger partial charge >= 0.3 is 0 Å². The van der Waals surface area contributed by atoms with Crippen LogP contribution >= 0.6 is 0 Å². The SMILES string of the molecule is c1ccc(N2Cc3cc(Cc4ccc5c(c4)CN(c4ccccc4)O5)ccc3O2)cc1. The van der Waals surface area contributed by atoms with E-state index in [1.165, 1.54) is 22.3 Å². The number of benzene rings is 4. The Morgan fingerprint density at radius 3 is 1.45 bits per heavy atom. The number of hydroxylamine groups is 2. The van der Waals surface area contributed by atoms with Crippen molar-refractivity contribution in [2.24, 2.45) is 0 Å². The molecule has 0 saturated carbocycles. The van der Waals surface area contributed by atoms with Crippen LogP contribution in [0.3, 0.4) is 0 Å². The molecule has 0 amide bonds. The molecular formula is C27H22N2O2. The number of hydrogen-bond acceptors (Lipinski definition) is 4. The summed E-state index contributed by atoms with van der Waals surface area (Å²) < 4.78 is 0. The molecule has 0 aromatic heterocycles. The largest absolute Gasteiger partial charge is 0.379 e. The fraction of sp³-hybridized carbons (Fsp3) is 0.111. The second kappa shape index (κ2) is 7.40. The van der Waals surface area contributed by atoms with Gasteiger partial charge in [-0.1, -0.05) is 48.5 Å². The molecule has 0 N–H and O–H groups in total. The molecule has 0 aliphatic carbocycles. The van der Waals surface area contributed by atoms with Crippen molar-refractivity contribution in [1.82, 2.24) is 0 Å². The number of rotatable bonds is 4. The lowest BCUT2D eigenvalue weighted by Gasteiger charge is -2.16. The highest BCUT2D eigenvalue weighted by Crippen LogP contribution is 2.35. The molecule has 0 unspecified atom stereocenters. The van der Waals surface area contributed by atoms with Crippen molar-refractivity contribution in [1.29, 1.82) is 0 Å². The van der Waals surface area contributed by atoms with Crippen molar-refractivity contribution in [2.45, 2.75) is 19.5 Å². The van der Waals surface area contributed by atoms with Gasteiger partial charge in [-0.2, -0.15) is 0 Å². The normalized spacial score (nSPS) is 14.1. The summed E-state index contributed by atoms with van der Waals surface area (Å²) in [6.07, 6.45) is 0.886. The summed E-state index contributed by atoms with van der Waals surface area (Å²) in [6.45, 7) is 1.52. The Balaban J connectivity index is 1.18. The Morgan fingerprint density at radius 1 is 0.548 bits per heavy atom. The number of hydrogen-bond donors (Lipinski definition) is 0. The zero-order chi connectivity index (χ0) is 20.6. The predicted molar refractivity (Wildman–Crippen MR) is 122 cm³/mol. The van der Waals surface area contributed by atoms with E-state index in [9.17, 15) is 0 Å². The number of nitrogens with zero attached hydrogens (tertiary/aromatic N) is 2. The Kier molecular flexibility index (Phi) is 4.27. The predicted octanol–water partition coefficient (Wildman–Crippen LogP) is 5.91. The Morgan fingerprint density at radius 2 is 1.00 bits per heavy atom. The summed E-state index contributed by atoms with van der Waals surface area (Å²) in [5, 5.41) is 3.89. The fourth-order valence-corrected chi connectivity index (χ4v) is 4.23. The van der Waals surface area contributed by atoms with Gasteiger partial charge in [-0.25, -0.2) is 10.1 Å². The van der Waals surface area contributed by atoms with Crippen molar-refractivity contribution in [3.05, 3.63) is 119 Å². The zero-order valence-electron chi connectivity index (χ0n) is 17.1. The lowest BCUT2D eigenvalue weighted by Crippen LogP contribution is -2.19. The molecule has 0 saturated heterocycles. The summed E-state index contributed by atoms with van der Waals surface area (Å²) >= 11 is 0. The van der Waals surface area contributed by atoms with Gasteiger partial charge in [0.15, 0.2) is 11.5 Å². The van der Waals surface area contributed by atoms with Crippen molar-refractivity contribution in [2.75, 3.05) is 10.1 Å². The van der Waals surface area contributed by atoms with Crippen LogP contribution in [0.5, 0.6) is 11.5 Å². The van der Waals surface area contributed by atoms with Crippen LogP contribution in [-0.2, 0) is 19.5 Å². The van der Waals surface area contributed by atoms with Crippen LogP contribution < -0.4 is 19.8 Å². The first-order valence-corrected chi connectivity index (χ1v) is 10.6. The Hall–Kier alpha value is -3.92. The maximum absolute atomic E-state index is 6.02. The second-order valence-electron chi connectivity index (χ2n) is 7.99. The van der Waals surface area contributed by atoms with E-state index in [2.05, 4.69) is 60.7 Å². The second-order valence-corrected chi connectivity index (χ2v) is 7.99. The standard InChI is InChI=1S/C27H22N2O2/c1-3-7-24(8-4-1)28-18-22-16-20(11-13-26(22)30-28)15-21-12-14-27-23(17-21)19-29(31-27)25-9-5-2-6-10-25/h1-14,16-17H,15,18-19H2. The van der Waals surface area contributed by atoms with Gasteiger partial charge < -0.3 is 9.68 Å². The molecule has 4 nitrogen and oxygen atoms in total. The van der Waals surface area contributed by atoms with Crippen molar-refractivity contribution in [3.63, 3.8) is 0 Å². The van der Waals surface area contributed by atoms with Crippen LogP contribution in [0.25, 0.3) is 0 Å². The summed E-state index contributed by atoms with van der Waals surface area (Å²) in [6, 6.07) is 33.4. The van der Waals surface area contributed by atoms with E-state index in [0.717, 1.165) is 42.4 Å². The summed E-state index contributed by atoms with van der Waals surface area (Å²) in [4.78, 5) is 12.0. The van der Waals surface area contributed by atoms with Crippen molar-refractivity contribution >= 4 is 11.4 Å². The average molecular weight is 406 g/mol. The quantitative estimate of drug-likeness (QED) is 0.421. The van der Waals surface area contributed by atoms with E-state index < -0.39 is 0 Å². The molecule has 4 heteroatoms. The maximum Gasteiger partial charge on any atom is 0.160 e. The van der Waals surface area contributed by atoms with Gasteiger partial charge in [0.1, 0.15) is 0 Å². The maximum atomic E-state index is 6.02. The highest BCUT2D eigenvalue weighted by Gasteiger charge is 2.23. The minimum absolute atomic E-state index is 0.761. The molecule has 0 atom stereocenters. The van der Waals surface area contributed by atoms with Gasteiger partial charge in [0, 0.05) is 11.1 Å². The molecule has 31 heavy (non-hydrogen) atoms. The summed E-state index contributed by atoms with van der Waals surface area (Å²) in [5.74, 6) is 1.88. The molecular weight excluding hydrogens is 384 g/mol. The molecule has 2 aliphatic rings. The number of fused-ring (bicyclic) bond motifs is 2. The van der Waals surface area contributed by atoms with Gasteiger partial charge in [0.05, 0.1) is 24.5 Å². The minimum Gasteiger partial charge on any atom is -0.379 e. The van der Waals surface area contributed by atoms with E-state index in [1.54, 1.807) is 0 Å². The highest BCUT2D eigenvalue weighted by molar-refractivity contribution is 5.53. The first kappa shape index (κ1) is 17.9. The van der Waals surface area contributed by atoms with Crippen molar-refractivity contribution < 1.29 is 9.68 Å². The molecule has 4 aromatic carbocycles. The van der Waals surface area contributed by atoms with Gasteiger partial charge in [-0.15, -0.1) is 0 Å². The van der Waals surface area contributed by atoms with Gasteiger partial charge in [0.25, 0.3) is 0 Å². The zero-order valence-corrected chi connectivity index (χ0v) is 17.1. The molecule has 0 spiro atoms. The highest BCUT2D eigenvalue weighted by atomic mass is 16.7. The monoisotopic (exact) mass is 406 g/mol. The molecule has 2 aliphatic heterocycles. The molecule has 0 fully saturated rings. The van der Waals surface area contributed by atoms with Crippen LogP contribution in [-0.4, -0.2) is 0 Å². The van der Waals surface area contributed by atoms with Crippen LogP contribution in [0.15, 0.2) is 97.1 Å². The van der Waals surface area contributed by atoms with Gasteiger partial charge in [-0.05, 0) is 66.1 Å². The van der Waals surface area contributed by atoms with Gasteiger partial charge in [-0.3, -0.25) is 0 Å². The smallest absolute Gasteiger partial charge is 0.160 e. The third-order valence-corrected chi connectivity index (χ3v) is 5.79. The van der Waals surface area contributed by atoms with E-state index in [1.807, 2.05) is 46.5 Å². The van der Waals surface area contributed by atoms with E-state index in [-0.39, 0.29) is 0 Å². The average Bonchev–Trinajstić information content (AvgIpc) is 3.44. The topological polar surface area (TPSA) is 24.9 Å². The lowest BCUT2D eigenvalue weighted by molar-refractivity contribution is 0.308. The number of para-hydroxylation sites is 2. The minimum atomic E-state index is 0.761. The molecule has 4 aromatic rings. The van der Waals surface area contributed by atoms with Crippen LogP contribution in [0.4, 0.5) is 11.4 Å². The Bertz CT molecular complexity index is 1130. The van der Waals surface area contributed by atoms with E-state index in [4.69, 9.17) is 9.68 Å². The van der Waals surface area contributed by atoms with E-state index >= 15 is 0 Å². The van der Waals surface area contributed by atoms with Crippen molar-refractivity contribution in [3.8, 4) is 11.5 Å². The molecule has 6 rings (SSSR count). The third-order valence-electron chi connectivity index (χ3n) is 5.79. The lowest BCUT2D eigenvalue weighted by atomic mass is 10.0. The molecule has 2 heterocycles. The molecule has 152 valence electrons. The third kappa shape index (κ3) is 3.46. The fourth-order valence-electron chi connectivity index (χ4n) is 4.23. The first-order valence-electron chi connectivity index (χ1n) is 10.6. The Labute approximate surface area is 181 Å². The van der Waals surface area contributed by atoms with Crippen LogP contribution in [0.1, 0.15) is 22.3 Å². The molecule has 0 radical (unpaired) electrons.